The highest BCUT2D eigenvalue weighted by atomic mass is 35.5. The largest absolute Gasteiger partial charge is 0.387 e. The molecule has 1 unspecified atom stereocenters. The van der Waals surface area contributed by atoms with Gasteiger partial charge < -0.3 is 10.4 Å². The summed E-state index contributed by atoms with van der Waals surface area (Å²) in [5, 5.41) is 26.9. The number of aliphatic hydroxyl groups is 1. The van der Waals surface area contributed by atoms with Gasteiger partial charge in [0.2, 0.25) is 5.91 Å². The Hall–Kier alpha value is -1.96. The monoisotopic (exact) mass is 340 g/mol. The quantitative estimate of drug-likeness (QED) is 0.624. The zero-order valence-electron chi connectivity index (χ0n) is 11.4. The highest BCUT2D eigenvalue weighted by molar-refractivity contribution is 7.07. The van der Waals surface area contributed by atoms with Crippen molar-refractivity contribution in [3.8, 4) is 0 Å². The number of hydrogen-bond donors (Lipinski definition) is 2. The van der Waals surface area contributed by atoms with Crippen molar-refractivity contribution in [1.29, 1.82) is 0 Å². The van der Waals surface area contributed by atoms with Gasteiger partial charge in [-0.3, -0.25) is 14.9 Å². The number of carbonyl (C=O) groups is 1. The third-order valence-electron chi connectivity index (χ3n) is 3.02. The molecule has 0 saturated carbocycles. The van der Waals surface area contributed by atoms with Crippen molar-refractivity contribution in [1.82, 2.24) is 5.32 Å². The molecule has 22 heavy (non-hydrogen) atoms. The lowest BCUT2D eigenvalue weighted by molar-refractivity contribution is -0.384. The van der Waals surface area contributed by atoms with E-state index in [1.54, 1.807) is 6.07 Å². The van der Waals surface area contributed by atoms with Crippen LogP contribution in [-0.2, 0) is 11.2 Å². The fourth-order valence-corrected chi connectivity index (χ4v) is 2.77. The minimum atomic E-state index is -0.762. The number of nitro benzene ring substituents is 1. The SMILES string of the molecule is O=C(Cc1ccc([N+](=O)[O-])cc1Cl)NCC(O)c1ccsc1. The van der Waals surface area contributed by atoms with E-state index in [1.165, 1.54) is 29.5 Å². The molecule has 1 heterocycles. The lowest BCUT2D eigenvalue weighted by atomic mass is 10.1. The van der Waals surface area contributed by atoms with Gasteiger partial charge in [-0.2, -0.15) is 11.3 Å². The van der Waals surface area contributed by atoms with E-state index in [0.717, 1.165) is 5.56 Å². The number of rotatable bonds is 6. The number of benzene rings is 1. The topological polar surface area (TPSA) is 92.5 Å². The molecule has 8 heteroatoms. The first-order valence-electron chi connectivity index (χ1n) is 6.37. The van der Waals surface area contributed by atoms with E-state index in [4.69, 9.17) is 11.6 Å². The van der Waals surface area contributed by atoms with Crippen LogP contribution >= 0.6 is 22.9 Å². The molecule has 1 atom stereocenters. The van der Waals surface area contributed by atoms with Gasteiger partial charge >= 0.3 is 0 Å². The summed E-state index contributed by atoms with van der Waals surface area (Å²) in [6, 6.07) is 5.75. The van der Waals surface area contributed by atoms with Gasteiger partial charge in [-0.25, -0.2) is 0 Å². The standard InChI is InChI=1S/C14H13ClN2O4S/c15-12-6-11(17(20)21)2-1-9(12)5-14(19)16-7-13(18)10-3-4-22-8-10/h1-4,6,8,13,18H,5,7H2,(H,16,19). The Morgan fingerprint density at radius 1 is 1.45 bits per heavy atom. The first-order chi connectivity index (χ1) is 10.5. The summed E-state index contributed by atoms with van der Waals surface area (Å²) in [6.45, 7) is 0.0974. The summed E-state index contributed by atoms with van der Waals surface area (Å²) in [5.74, 6) is -0.315. The molecule has 0 fully saturated rings. The molecule has 0 radical (unpaired) electrons. The minimum Gasteiger partial charge on any atom is -0.387 e. The molecule has 0 spiro atoms. The van der Waals surface area contributed by atoms with Gasteiger partial charge in [0, 0.05) is 18.7 Å². The van der Waals surface area contributed by atoms with Crippen LogP contribution in [0.4, 0.5) is 5.69 Å². The first kappa shape index (κ1) is 16.4. The van der Waals surface area contributed by atoms with Crippen LogP contribution in [0.2, 0.25) is 5.02 Å². The van der Waals surface area contributed by atoms with Crippen molar-refractivity contribution in [3.63, 3.8) is 0 Å². The molecule has 6 nitrogen and oxygen atoms in total. The van der Waals surface area contributed by atoms with Crippen LogP contribution in [0.25, 0.3) is 0 Å². The molecule has 2 N–H and O–H groups in total. The van der Waals surface area contributed by atoms with Gasteiger partial charge in [0.1, 0.15) is 0 Å². The van der Waals surface area contributed by atoms with Crippen LogP contribution in [0.1, 0.15) is 17.2 Å². The van der Waals surface area contributed by atoms with E-state index in [2.05, 4.69) is 5.32 Å². The number of nitro groups is 1. The fourth-order valence-electron chi connectivity index (χ4n) is 1.82. The molecular weight excluding hydrogens is 328 g/mol. The molecule has 1 aromatic heterocycles. The Kier molecular flexibility index (Phi) is 5.48. The van der Waals surface area contributed by atoms with E-state index in [-0.39, 0.29) is 29.6 Å². The van der Waals surface area contributed by atoms with Gasteiger partial charge in [0.15, 0.2) is 0 Å². The minimum absolute atomic E-state index is 0.00676. The van der Waals surface area contributed by atoms with Gasteiger partial charge in [-0.1, -0.05) is 17.7 Å². The second kappa shape index (κ2) is 7.35. The third-order valence-corrected chi connectivity index (χ3v) is 4.07. The van der Waals surface area contributed by atoms with Crippen molar-refractivity contribution >= 4 is 34.5 Å². The van der Waals surface area contributed by atoms with Crippen LogP contribution in [0.3, 0.4) is 0 Å². The summed E-state index contributed by atoms with van der Waals surface area (Å²) in [7, 11) is 0. The summed E-state index contributed by atoms with van der Waals surface area (Å²) in [6.07, 6.45) is -0.768. The second-order valence-electron chi connectivity index (χ2n) is 4.59. The lowest BCUT2D eigenvalue weighted by Crippen LogP contribution is -2.29. The molecule has 2 aromatic rings. The van der Waals surface area contributed by atoms with Crippen LogP contribution < -0.4 is 5.32 Å². The number of halogens is 1. The van der Waals surface area contributed by atoms with Crippen molar-refractivity contribution in [3.05, 3.63) is 61.3 Å². The zero-order valence-corrected chi connectivity index (χ0v) is 12.9. The summed E-state index contributed by atoms with van der Waals surface area (Å²) in [5.41, 5.74) is 1.12. The number of amides is 1. The average Bonchev–Trinajstić information content (AvgIpc) is 3.01. The molecule has 0 saturated heterocycles. The van der Waals surface area contributed by atoms with E-state index >= 15 is 0 Å². The molecular formula is C14H13ClN2O4S. The van der Waals surface area contributed by atoms with E-state index in [0.29, 0.717) is 5.56 Å². The molecule has 1 amide bonds. The number of non-ortho nitro benzene ring substituents is 1. The van der Waals surface area contributed by atoms with Gasteiger partial charge in [0.25, 0.3) is 5.69 Å². The molecule has 0 aliphatic carbocycles. The highest BCUT2D eigenvalue weighted by Gasteiger charge is 2.14. The Bertz CT molecular complexity index is 675. The van der Waals surface area contributed by atoms with E-state index in [1.807, 2.05) is 10.8 Å². The lowest BCUT2D eigenvalue weighted by Gasteiger charge is -2.11. The number of aliphatic hydroxyl groups excluding tert-OH is 1. The van der Waals surface area contributed by atoms with Crippen molar-refractivity contribution < 1.29 is 14.8 Å². The Morgan fingerprint density at radius 2 is 2.23 bits per heavy atom. The third kappa shape index (κ3) is 4.27. The number of thiophene rings is 1. The number of hydrogen-bond acceptors (Lipinski definition) is 5. The highest BCUT2D eigenvalue weighted by Crippen LogP contribution is 2.23. The Morgan fingerprint density at radius 3 is 2.82 bits per heavy atom. The van der Waals surface area contributed by atoms with Crippen LogP contribution in [0.5, 0.6) is 0 Å². The molecule has 2 rings (SSSR count). The average molecular weight is 341 g/mol. The maximum atomic E-state index is 11.8. The molecule has 0 aliphatic heterocycles. The molecule has 116 valence electrons. The van der Waals surface area contributed by atoms with Crippen LogP contribution in [-0.4, -0.2) is 22.5 Å². The Labute approximate surface area is 135 Å². The smallest absolute Gasteiger partial charge is 0.270 e. The number of carbonyl (C=O) groups excluding carboxylic acids is 1. The Balaban J connectivity index is 1.91. The van der Waals surface area contributed by atoms with Gasteiger partial charge in [-0.15, -0.1) is 0 Å². The van der Waals surface area contributed by atoms with Crippen molar-refractivity contribution in [2.75, 3.05) is 6.54 Å². The van der Waals surface area contributed by atoms with Crippen LogP contribution in [0, 0.1) is 10.1 Å². The maximum absolute atomic E-state index is 11.8. The van der Waals surface area contributed by atoms with Gasteiger partial charge in [0.05, 0.1) is 22.5 Å². The predicted molar refractivity (Wildman–Crippen MR) is 84.1 cm³/mol. The second-order valence-corrected chi connectivity index (χ2v) is 5.77. The molecule has 0 aliphatic rings. The van der Waals surface area contributed by atoms with Gasteiger partial charge in [-0.05, 0) is 28.0 Å². The van der Waals surface area contributed by atoms with Crippen molar-refractivity contribution in [2.45, 2.75) is 12.5 Å². The number of nitrogens with one attached hydrogen (secondary N) is 1. The predicted octanol–water partition coefficient (Wildman–Crippen LogP) is 2.70. The number of nitrogens with zero attached hydrogens (tertiary/aromatic N) is 1. The van der Waals surface area contributed by atoms with E-state index in [9.17, 15) is 20.0 Å². The normalized spacial score (nSPS) is 11.9. The first-order valence-corrected chi connectivity index (χ1v) is 7.69. The summed E-state index contributed by atoms with van der Waals surface area (Å²) in [4.78, 5) is 21.9. The molecule has 1 aromatic carbocycles. The zero-order chi connectivity index (χ0) is 16.1. The van der Waals surface area contributed by atoms with E-state index < -0.39 is 11.0 Å². The van der Waals surface area contributed by atoms with Crippen LogP contribution in [0.15, 0.2) is 35.0 Å². The summed E-state index contributed by atoms with van der Waals surface area (Å²) < 4.78 is 0. The fraction of sp³-hybridized carbons (Fsp3) is 0.214. The summed E-state index contributed by atoms with van der Waals surface area (Å²) >= 11 is 7.39. The molecule has 0 bridgehead atoms. The van der Waals surface area contributed by atoms with Crippen molar-refractivity contribution in [2.24, 2.45) is 0 Å². The maximum Gasteiger partial charge on any atom is 0.270 e.